The van der Waals surface area contributed by atoms with Gasteiger partial charge in [-0.1, -0.05) is 52.4 Å². The molecule has 0 amide bonds. The predicted octanol–water partition coefficient (Wildman–Crippen LogP) is 4.57. The summed E-state index contributed by atoms with van der Waals surface area (Å²) >= 11 is 0. The van der Waals surface area contributed by atoms with Gasteiger partial charge in [-0.3, -0.25) is 4.90 Å². The molecule has 0 saturated heterocycles. The Morgan fingerprint density at radius 2 is 1.71 bits per heavy atom. The molecule has 2 N–H and O–H groups in total. The molecule has 0 aliphatic heterocycles. The minimum Gasteiger partial charge on any atom is -0.329 e. The molecule has 2 saturated carbocycles. The van der Waals surface area contributed by atoms with Crippen LogP contribution in [-0.2, 0) is 0 Å². The van der Waals surface area contributed by atoms with Gasteiger partial charge in [-0.15, -0.1) is 0 Å². The van der Waals surface area contributed by atoms with Crippen molar-refractivity contribution in [2.24, 2.45) is 17.6 Å². The summed E-state index contributed by atoms with van der Waals surface area (Å²) in [5.74, 6) is 1.72. The SMILES string of the molecule is CC(C)CC1CCCC(CN)(N(C)C2CCCCCC2)C1. The van der Waals surface area contributed by atoms with Crippen LogP contribution in [0.1, 0.15) is 84.5 Å². The van der Waals surface area contributed by atoms with Gasteiger partial charge in [0.25, 0.3) is 0 Å². The Bertz CT molecular complexity index is 294. The first-order valence-electron chi connectivity index (χ1n) is 9.50. The minimum atomic E-state index is 0.298. The smallest absolute Gasteiger partial charge is 0.0334 e. The van der Waals surface area contributed by atoms with Crippen molar-refractivity contribution in [2.45, 2.75) is 96.1 Å². The zero-order valence-corrected chi connectivity index (χ0v) is 14.7. The van der Waals surface area contributed by atoms with Gasteiger partial charge < -0.3 is 5.73 Å². The van der Waals surface area contributed by atoms with Crippen molar-refractivity contribution < 1.29 is 0 Å². The number of likely N-dealkylation sites (N-methyl/N-ethyl adjacent to an activating group) is 1. The second-order valence-corrected chi connectivity index (χ2v) is 8.28. The van der Waals surface area contributed by atoms with Crippen molar-refractivity contribution in [3.8, 4) is 0 Å². The van der Waals surface area contributed by atoms with Crippen LogP contribution in [0.3, 0.4) is 0 Å². The topological polar surface area (TPSA) is 29.3 Å². The third kappa shape index (κ3) is 4.45. The maximum absolute atomic E-state index is 6.34. The van der Waals surface area contributed by atoms with Crippen LogP contribution in [-0.4, -0.2) is 30.1 Å². The molecule has 0 spiro atoms. The molecule has 21 heavy (non-hydrogen) atoms. The summed E-state index contributed by atoms with van der Waals surface area (Å²) in [6, 6.07) is 0.786. The molecule has 0 radical (unpaired) electrons. The third-order valence-electron chi connectivity index (χ3n) is 6.23. The molecule has 2 aliphatic carbocycles. The molecule has 0 aromatic rings. The van der Waals surface area contributed by atoms with Crippen LogP contribution in [0, 0.1) is 11.8 Å². The first-order valence-corrected chi connectivity index (χ1v) is 9.50. The zero-order chi connectivity index (χ0) is 15.3. The van der Waals surface area contributed by atoms with Crippen LogP contribution < -0.4 is 5.73 Å². The third-order valence-corrected chi connectivity index (χ3v) is 6.23. The van der Waals surface area contributed by atoms with E-state index in [1.807, 2.05) is 0 Å². The van der Waals surface area contributed by atoms with E-state index in [4.69, 9.17) is 5.73 Å². The number of nitrogens with zero attached hydrogens (tertiary/aromatic N) is 1. The van der Waals surface area contributed by atoms with Gasteiger partial charge in [0, 0.05) is 18.1 Å². The molecule has 2 nitrogen and oxygen atoms in total. The Labute approximate surface area is 132 Å². The van der Waals surface area contributed by atoms with Gasteiger partial charge in [0.2, 0.25) is 0 Å². The minimum absolute atomic E-state index is 0.298. The van der Waals surface area contributed by atoms with Gasteiger partial charge in [-0.25, -0.2) is 0 Å². The first kappa shape index (κ1) is 17.3. The van der Waals surface area contributed by atoms with Crippen LogP contribution >= 0.6 is 0 Å². The molecule has 2 aliphatic rings. The van der Waals surface area contributed by atoms with Crippen LogP contribution in [0.5, 0.6) is 0 Å². The Balaban J connectivity index is 2.04. The zero-order valence-electron chi connectivity index (χ0n) is 14.7. The summed E-state index contributed by atoms with van der Waals surface area (Å²) in [5.41, 5.74) is 6.63. The molecule has 124 valence electrons. The van der Waals surface area contributed by atoms with Crippen molar-refractivity contribution in [1.29, 1.82) is 0 Å². The molecule has 2 unspecified atom stereocenters. The van der Waals surface area contributed by atoms with Crippen LogP contribution in [0.2, 0.25) is 0 Å². The molecular formula is C19H38N2. The summed E-state index contributed by atoms with van der Waals surface area (Å²) in [5, 5.41) is 0. The van der Waals surface area contributed by atoms with Crippen molar-refractivity contribution in [3.63, 3.8) is 0 Å². The van der Waals surface area contributed by atoms with E-state index in [9.17, 15) is 0 Å². The van der Waals surface area contributed by atoms with E-state index < -0.39 is 0 Å². The van der Waals surface area contributed by atoms with E-state index in [0.717, 1.165) is 24.4 Å². The van der Waals surface area contributed by atoms with E-state index in [1.165, 1.54) is 70.6 Å². The van der Waals surface area contributed by atoms with E-state index in [-0.39, 0.29) is 0 Å². The van der Waals surface area contributed by atoms with Crippen molar-refractivity contribution in [1.82, 2.24) is 4.90 Å². The molecule has 2 rings (SSSR count). The van der Waals surface area contributed by atoms with Gasteiger partial charge in [0.15, 0.2) is 0 Å². The number of hydrogen-bond donors (Lipinski definition) is 1. The second-order valence-electron chi connectivity index (χ2n) is 8.28. The Morgan fingerprint density at radius 1 is 1.05 bits per heavy atom. The van der Waals surface area contributed by atoms with Gasteiger partial charge >= 0.3 is 0 Å². The van der Waals surface area contributed by atoms with E-state index in [2.05, 4.69) is 25.8 Å². The molecular weight excluding hydrogens is 256 g/mol. The molecule has 0 aromatic heterocycles. The van der Waals surface area contributed by atoms with Crippen LogP contribution in [0.15, 0.2) is 0 Å². The highest BCUT2D eigenvalue weighted by Crippen LogP contribution is 2.40. The van der Waals surface area contributed by atoms with Gasteiger partial charge in [0.05, 0.1) is 0 Å². The summed E-state index contributed by atoms with van der Waals surface area (Å²) in [4.78, 5) is 2.74. The molecule has 2 heteroatoms. The lowest BCUT2D eigenvalue weighted by molar-refractivity contribution is 0.0151. The lowest BCUT2D eigenvalue weighted by Gasteiger charge is -2.50. The van der Waals surface area contributed by atoms with Gasteiger partial charge in [-0.2, -0.15) is 0 Å². The predicted molar refractivity (Wildman–Crippen MR) is 92.5 cm³/mol. The molecule has 0 bridgehead atoms. The number of hydrogen-bond acceptors (Lipinski definition) is 2. The maximum Gasteiger partial charge on any atom is 0.0334 e. The molecule has 0 aromatic carbocycles. The van der Waals surface area contributed by atoms with Gasteiger partial charge in [0.1, 0.15) is 0 Å². The fourth-order valence-corrected chi connectivity index (χ4v) is 5.01. The lowest BCUT2D eigenvalue weighted by Crippen LogP contribution is -2.58. The fraction of sp³-hybridized carbons (Fsp3) is 1.00. The normalized spacial score (nSPS) is 32.6. The van der Waals surface area contributed by atoms with E-state index in [1.54, 1.807) is 0 Å². The first-order chi connectivity index (χ1) is 10.1. The highest BCUT2D eigenvalue weighted by Gasteiger charge is 2.41. The molecule has 0 heterocycles. The summed E-state index contributed by atoms with van der Waals surface area (Å²) in [6.45, 7) is 5.59. The maximum atomic E-state index is 6.34. The summed E-state index contributed by atoms with van der Waals surface area (Å²) in [6.07, 6.45) is 15.4. The monoisotopic (exact) mass is 294 g/mol. The lowest BCUT2D eigenvalue weighted by atomic mass is 9.71. The average Bonchev–Trinajstić information content (AvgIpc) is 2.75. The van der Waals surface area contributed by atoms with Crippen molar-refractivity contribution >= 4 is 0 Å². The number of rotatable bonds is 5. The highest BCUT2D eigenvalue weighted by molar-refractivity contribution is 4.98. The highest BCUT2D eigenvalue weighted by atomic mass is 15.2. The standard InChI is InChI=1S/C19H38N2/c1-16(2)13-17-9-8-12-19(14-17,15-20)21(3)18-10-6-4-5-7-11-18/h16-18H,4-15,20H2,1-3H3. The van der Waals surface area contributed by atoms with Gasteiger partial charge in [-0.05, 0) is 51.0 Å². The average molecular weight is 295 g/mol. The fourth-order valence-electron chi connectivity index (χ4n) is 5.01. The second kappa shape index (κ2) is 7.97. The largest absolute Gasteiger partial charge is 0.329 e. The van der Waals surface area contributed by atoms with Crippen molar-refractivity contribution in [3.05, 3.63) is 0 Å². The Hall–Kier alpha value is -0.0800. The summed E-state index contributed by atoms with van der Waals surface area (Å²) in [7, 11) is 2.39. The molecule has 2 atom stereocenters. The quantitative estimate of drug-likeness (QED) is 0.752. The number of nitrogens with two attached hydrogens (primary N) is 1. The summed E-state index contributed by atoms with van der Waals surface area (Å²) < 4.78 is 0. The Morgan fingerprint density at radius 3 is 2.29 bits per heavy atom. The molecule has 2 fully saturated rings. The Kier molecular flexibility index (Phi) is 6.55. The van der Waals surface area contributed by atoms with E-state index in [0.29, 0.717) is 5.54 Å². The van der Waals surface area contributed by atoms with Crippen LogP contribution in [0.25, 0.3) is 0 Å². The van der Waals surface area contributed by atoms with Crippen molar-refractivity contribution in [2.75, 3.05) is 13.6 Å². The van der Waals surface area contributed by atoms with Crippen LogP contribution in [0.4, 0.5) is 0 Å². The van der Waals surface area contributed by atoms with E-state index >= 15 is 0 Å².